The molecule has 2 aromatic heterocycles. The molecule has 0 saturated carbocycles. The van der Waals surface area contributed by atoms with E-state index in [0.717, 1.165) is 22.0 Å². The Kier molecular flexibility index (Phi) is 4.13. The average molecular weight is 310 g/mol. The molecule has 3 rings (SSSR count). The Hall–Kier alpha value is -2.08. The molecule has 12 heteroatoms. The third-order valence-electron chi connectivity index (χ3n) is 2.12. The van der Waals surface area contributed by atoms with Crippen molar-refractivity contribution in [3.63, 3.8) is 0 Å². The fraction of sp³-hybridized carbons (Fsp3) is 0.250. The van der Waals surface area contributed by atoms with Gasteiger partial charge in [0.25, 0.3) is 0 Å². The van der Waals surface area contributed by atoms with E-state index in [1.165, 1.54) is 36.2 Å². The van der Waals surface area contributed by atoms with E-state index in [1.54, 1.807) is 0 Å². The Balaban J connectivity index is 1.42. The van der Waals surface area contributed by atoms with Crippen LogP contribution >= 0.6 is 23.5 Å². The van der Waals surface area contributed by atoms with Gasteiger partial charge in [-0.15, -0.1) is 0 Å². The normalized spacial score (nSPS) is 14.2. The number of thioether (sulfide) groups is 2. The molecule has 0 amide bonds. The summed E-state index contributed by atoms with van der Waals surface area (Å²) in [4.78, 5) is 8.02. The molecule has 2 aromatic rings. The fourth-order valence-corrected chi connectivity index (χ4v) is 2.53. The number of nitrogens with one attached hydrogen (secondary N) is 4. The van der Waals surface area contributed by atoms with Gasteiger partial charge in [0.05, 0.1) is 11.5 Å². The molecule has 1 aliphatic heterocycles. The van der Waals surface area contributed by atoms with Crippen molar-refractivity contribution in [1.82, 2.24) is 41.2 Å². The standard InChI is InChI=1S/C8H10N10S2/c1(19-7-9-3-11-17-7)5-13-15-6(16-14-5)2-20-8-10-4-12-18-8/h3-4H,1-2H2,(H,13,14)(H,15,16)(H,9,11,17)(H,10,12,18). The minimum absolute atomic E-state index is 0.619. The minimum atomic E-state index is 0.619. The SMILES string of the molecule is c1n[nH]c(SCC2=NNC(CSc3ncn[nH]3)=NN2)n1. The number of hydrogen-bond acceptors (Lipinski definition) is 10. The molecule has 1 aliphatic rings. The van der Waals surface area contributed by atoms with Crippen LogP contribution in [0, 0.1) is 0 Å². The Morgan fingerprint density at radius 2 is 1.30 bits per heavy atom. The lowest BCUT2D eigenvalue weighted by molar-refractivity contribution is 0.873. The minimum Gasteiger partial charge on any atom is -0.261 e. The van der Waals surface area contributed by atoms with Gasteiger partial charge < -0.3 is 0 Å². The molecule has 0 aliphatic carbocycles. The largest absolute Gasteiger partial charge is 0.261 e. The van der Waals surface area contributed by atoms with Gasteiger partial charge in [-0.25, -0.2) is 9.97 Å². The van der Waals surface area contributed by atoms with Crippen LogP contribution in [-0.4, -0.2) is 53.5 Å². The number of H-pyrrole nitrogens is 2. The van der Waals surface area contributed by atoms with Crippen molar-refractivity contribution in [2.75, 3.05) is 11.5 Å². The first kappa shape index (κ1) is 12.9. The monoisotopic (exact) mass is 310 g/mol. The zero-order valence-electron chi connectivity index (χ0n) is 10.1. The van der Waals surface area contributed by atoms with Gasteiger partial charge >= 0.3 is 0 Å². The van der Waals surface area contributed by atoms with Crippen molar-refractivity contribution in [1.29, 1.82) is 0 Å². The zero-order chi connectivity index (χ0) is 13.6. The summed E-state index contributed by atoms with van der Waals surface area (Å²) < 4.78 is 0. The first-order valence-corrected chi connectivity index (χ1v) is 7.49. The maximum Gasteiger partial charge on any atom is 0.183 e. The molecule has 3 heterocycles. The Bertz CT molecular complexity index is 535. The van der Waals surface area contributed by atoms with Crippen molar-refractivity contribution in [3.8, 4) is 0 Å². The Morgan fingerprint density at radius 3 is 1.65 bits per heavy atom. The lowest BCUT2D eigenvalue weighted by atomic mass is 10.6. The number of aromatic nitrogens is 6. The van der Waals surface area contributed by atoms with Crippen LogP contribution in [0.25, 0.3) is 0 Å². The van der Waals surface area contributed by atoms with E-state index < -0.39 is 0 Å². The first-order valence-electron chi connectivity index (χ1n) is 5.51. The molecule has 0 radical (unpaired) electrons. The van der Waals surface area contributed by atoms with Crippen LogP contribution in [0.5, 0.6) is 0 Å². The Morgan fingerprint density at radius 1 is 0.800 bits per heavy atom. The van der Waals surface area contributed by atoms with E-state index >= 15 is 0 Å². The molecule has 10 nitrogen and oxygen atoms in total. The van der Waals surface area contributed by atoms with E-state index in [0.29, 0.717) is 11.5 Å². The van der Waals surface area contributed by atoms with Crippen molar-refractivity contribution in [2.45, 2.75) is 10.3 Å². The van der Waals surface area contributed by atoms with E-state index in [9.17, 15) is 0 Å². The maximum absolute atomic E-state index is 4.19. The number of amidine groups is 2. The maximum atomic E-state index is 4.19. The molecule has 0 aromatic carbocycles. The lowest BCUT2D eigenvalue weighted by Crippen LogP contribution is -2.35. The van der Waals surface area contributed by atoms with Crippen LogP contribution in [0.15, 0.2) is 33.2 Å². The summed E-state index contributed by atoms with van der Waals surface area (Å²) in [5.74, 6) is 2.68. The second-order valence-electron chi connectivity index (χ2n) is 3.50. The van der Waals surface area contributed by atoms with E-state index in [1.807, 2.05) is 0 Å². The second kappa shape index (κ2) is 6.38. The molecular formula is C8H10N10S2. The molecule has 0 spiro atoms. The lowest BCUT2D eigenvalue weighted by Gasteiger charge is -2.13. The smallest absolute Gasteiger partial charge is 0.183 e. The molecule has 0 atom stereocenters. The van der Waals surface area contributed by atoms with Gasteiger partial charge in [0.1, 0.15) is 12.7 Å². The van der Waals surface area contributed by atoms with Crippen LogP contribution in [-0.2, 0) is 0 Å². The van der Waals surface area contributed by atoms with Crippen LogP contribution in [0.4, 0.5) is 0 Å². The summed E-state index contributed by atoms with van der Waals surface area (Å²) >= 11 is 2.97. The van der Waals surface area contributed by atoms with Crippen LogP contribution in [0.1, 0.15) is 0 Å². The predicted octanol–water partition coefficient (Wildman–Crippen LogP) is -0.373. The molecule has 4 N–H and O–H groups in total. The van der Waals surface area contributed by atoms with E-state index in [4.69, 9.17) is 0 Å². The molecule has 0 unspecified atom stereocenters. The third-order valence-corrected chi connectivity index (χ3v) is 3.89. The quantitative estimate of drug-likeness (QED) is 0.531. The topological polar surface area (TPSA) is 132 Å². The van der Waals surface area contributed by atoms with Crippen LogP contribution in [0.3, 0.4) is 0 Å². The predicted molar refractivity (Wildman–Crippen MR) is 75.4 cm³/mol. The van der Waals surface area contributed by atoms with E-state index in [-0.39, 0.29) is 0 Å². The summed E-state index contributed by atoms with van der Waals surface area (Å²) in [5.41, 5.74) is 5.79. The van der Waals surface area contributed by atoms with Crippen molar-refractivity contribution < 1.29 is 0 Å². The van der Waals surface area contributed by atoms with E-state index in [2.05, 4.69) is 51.4 Å². The highest BCUT2D eigenvalue weighted by molar-refractivity contribution is 8.00. The number of hydrogen-bond donors (Lipinski definition) is 4. The van der Waals surface area contributed by atoms with Crippen molar-refractivity contribution >= 4 is 35.2 Å². The summed E-state index contributed by atoms with van der Waals surface area (Å²) in [6.45, 7) is 0. The van der Waals surface area contributed by atoms with Crippen LogP contribution in [0.2, 0.25) is 0 Å². The zero-order valence-corrected chi connectivity index (χ0v) is 11.7. The number of rotatable bonds is 6. The van der Waals surface area contributed by atoms with Crippen LogP contribution < -0.4 is 10.9 Å². The molecule has 0 saturated heterocycles. The van der Waals surface area contributed by atoms with Crippen molar-refractivity contribution in [2.24, 2.45) is 10.2 Å². The molecule has 104 valence electrons. The molecular weight excluding hydrogens is 300 g/mol. The summed E-state index contributed by atoms with van der Waals surface area (Å²) in [7, 11) is 0. The highest BCUT2D eigenvalue weighted by atomic mass is 32.2. The van der Waals surface area contributed by atoms with Gasteiger partial charge in [-0.05, 0) is 0 Å². The summed E-state index contributed by atoms with van der Waals surface area (Å²) in [5, 5.41) is 22.9. The molecule has 20 heavy (non-hydrogen) atoms. The van der Waals surface area contributed by atoms with Gasteiger partial charge in [-0.3, -0.25) is 21.0 Å². The fourth-order valence-electron chi connectivity index (χ4n) is 1.24. The number of aromatic amines is 2. The highest BCUT2D eigenvalue weighted by Gasteiger charge is 2.10. The summed E-state index contributed by atoms with van der Waals surface area (Å²) in [6, 6.07) is 0. The Labute approximate surface area is 121 Å². The number of nitrogens with zero attached hydrogens (tertiary/aromatic N) is 6. The molecule has 0 fully saturated rings. The van der Waals surface area contributed by atoms with Crippen molar-refractivity contribution in [3.05, 3.63) is 12.7 Å². The second-order valence-corrected chi connectivity index (χ2v) is 5.43. The van der Waals surface area contributed by atoms with Gasteiger partial charge in [0, 0.05) is 0 Å². The van der Waals surface area contributed by atoms with Gasteiger partial charge in [0.2, 0.25) is 0 Å². The number of hydrazone groups is 2. The average Bonchev–Trinajstić information content (AvgIpc) is 3.17. The van der Waals surface area contributed by atoms with Gasteiger partial charge in [-0.1, -0.05) is 23.5 Å². The highest BCUT2D eigenvalue weighted by Crippen LogP contribution is 2.12. The third kappa shape index (κ3) is 3.48. The van der Waals surface area contributed by atoms with Gasteiger partial charge in [0.15, 0.2) is 22.0 Å². The summed E-state index contributed by atoms with van der Waals surface area (Å²) in [6.07, 6.45) is 2.93. The first-order chi connectivity index (χ1) is 9.90. The van der Waals surface area contributed by atoms with Gasteiger partial charge in [-0.2, -0.15) is 20.4 Å². The molecule has 0 bridgehead atoms.